The Labute approximate surface area is 88.0 Å². The van der Waals surface area contributed by atoms with Crippen LogP contribution in [-0.4, -0.2) is 50.4 Å². The Balaban J connectivity index is 2.14. The number of ether oxygens (including phenoxy) is 2. The fraction of sp³-hybridized carbons (Fsp3) is 0.778. The molecule has 15 heavy (non-hydrogen) atoms. The van der Waals surface area contributed by atoms with Gasteiger partial charge in [-0.15, -0.1) is 5.06 Å². The molecule has 0 atom stereocenters. The standard InChI is InChI=1S/C9H15NO5/c1-13-8(11)2-3-9(12)15-10-4-6-14-7-5-10/h2-7H2,1H3. The van der Waals surface area contributed by atoms with Gasteiger partial charge in [0.05, 0.1) is 46.3 Å². The van der Waals surface area contributed by atoms with Crippen LogP contribution in [0, 0.1) is 0 Å². The van der Waals surface area contributed by atoms with Crippen LogP contribution in [0.25, 0.3) is 0 Å². The average molecular weight is 217 g/mol. The second-order valence-electron chi connectivity index (χ2n) is 3.08. The quantitative estimate of drug-likeness (QED) is 0.604. The minimum atomic E-state index is -0.415. The molecule has 0 unspecified atom stereocenters. The summed E-state index contributed by atoms with van der Waals surface area (Å²) in [6, 6.07) is 0. The normalized spacial score (nSPS) is 17.1. The first-order valence-corrected chi connectivity index (χ1v) is 4.82. The van der Waals surface area contributed by atoms with E-state index in [4.69, 9.17) is 9.57 Å². The lowest BCUT2D eigenvalue weighted by atomic mass is 10.3. The highest BCUT2D eigenvalue weighted by atomic mass is 16.7. The number of carbonyl (C=O) groups is 2. The lowest BCUT2D eigenvalue weighted by Crippen LogP contribution is -2.37. The number of morpholine rings is 1. The van der Waals surface area contributed by atoms with Crippen molar-refractivity contribution in [1.29, 1.82) is 0 Å². The summed E-state index contributed by atoms with van der Waals surface area (Å²) in [5.74, 6) is -0.823. The van der Waals surface area contributed by atoms with E-state index in [1.807, 2.05) is 0 Å². The van der Waals surface area contributed by atoms with Gasteiger partial charge in [-0.2, -0.15) is 0 Å². The van der Waals surface area contributed by atoms with Crippen LogP contribution in [0.4, 0.5) is 0 Å². The zero-order chi connectivity index (χ0) is 11.1. The summed E-state index contributed by atoms with van der Waals surface area (Å²) in [6.45, 7) is 2.27. The summed E-state index contributed by atoms with van der Waals surface area (Å²) in [6.07, 6.45) is 0.101. The van der Waals surface area contributed by atoms with Gasteiger partial charge in [-0.25, -0.2) is 0 Å². The molecule has 1 rings (SSSR count). The predicted molar refractivity (Wildman–Crippen MR) is 49.7 cm³/mol. The second kappa shape index (κ2) is 6.36. The summed E-state index contributed by atoms with van der Waals surface area (Å²) in [5, 5.41) is 1.54. The SMILES string of the molecule is COC(=O)CCC(=O)ON1CCOCC1. The number of esters is 1. The molecule has 0 amide bonds. The van der Waals surface area contributed by atoms with Gasteiger partial charge in [0.15, 0.2) is 0 Å². The summed E-state index contributed by atoms with van der Waals surface area (Å²) < 4.78 is 9.50. The van der Waals surface area contributed by atoms with Gasteiger partial charge >= 0.3 is 11.9 Å². The Morgan fingerprint density at radius 3 is 2.40 bits per heavy atom. The molecule has 0 radical (unpaired) electrons. The van der Waals surface area contributed by atoms with Crippen molar-refractivity contribution in [2.24, 2.45) is 0 Å². The molecule has 6 nitrogen and oxygen atoms in total. The molecule has 0 saturated carbocycles. The maximum absolute atomic E-state index is 11.2. The Hall–Kier alpha value is -1.14. The fourth-order valence-electron chi connectivity index (χ4n) is 1.13. The smallest absolute Gasteiger partial charge is 0.325 e. The molecule has 1 heterocycles. The highest BCUT2D eigenvalue weighted by Crippen LogP contribution is 2.01. The van der Waals surface area contributed by atoms with E-state index in [2.05, 4.69) is 4.74 Å². The average Bonchev–Trinajstić information content (AvgIpc) is 2.27. The Morgan fingerprint density at radius 1 is 1.20 bits per heavy atom. The van der Waals surface area contributed by atoms with Crippen molar-refractivity contribution in [1.82, 2.24) is 5.06 Å². The van der Waals surface area contributed by atoms with E-state index < -0.39 is 11.9 Å². The van der Waals surface area contributed by atoms with E-state index >= 15 is 0 Å². The van der Waals surface area contributed by atoms with Gasteiger partial charge in [-0.3, -0.25) is 9.59 Å². The van der Waals surface area contributed by atoms with Crippen LogP contribution in [0.3, 0.4) is 0 Å². The lowest BCUT2D eigenvalue weighted by molar-refractivity contribution is -0.205. The number of hydrogen-bond donors (Lipinski definition) is 0. The van der Waals surface area contributed by atoms with E-state index in [9.17, 15) is 9.59 Å². The van der Waals surface area contributed by atoms with Crippen molar-refractivity contribution in [2.75, 3.05) is 33.4 Å². The second-order valence-corrected chi connectivity index (χ2v) is 3.08. The zero-order valence-electron chi connectivity index (χ0n) is 8.73. The Kier molecular flexibility index (Phi) is 5.06. The maximum atomic E-state index is 11.2. The highest BCUT2D eigenvalue weighted by molar-refractivity contribution is 5.77. The van der Waals surface area contributed by atoms with E-state index in [0.29, 0.717) is 26.3 Å². The molecule has 1 aliphatic heterocycles. The molecule has 1 fully saturated rings. The molecule has 0 bridgehead atoms. The van der Waals surface area contributed by atoms with Gasteiger partial charge in [-0.1, -0.05) is 0 Å². The molecular formula is C9H15NO5. The fourth-order valence-corrected chi connectivity index (χ4v) is 1.13. The molecule has 0 aromatic heterocycles. The van der Waals surface area contributed by atoms with Crippen LogP contribution in [0.15, 0.2) is 0 Å². The number of nitrogens with zero attached hydrogens (tertiary/aromatic N) is 1. The van der Waals surface area contributed by atoms with Gasteiger partial charge < -0.3 is 14.3 Å². The van der Waals surface area contributed by atoms with Crippen molar-refractivity contribution in [3.8, 4) is 0 Å². The molecule has 0 spiro atoms. The van der Waals surface area contributed by atoms with E-state index in [-0.39, 0.29) is 12.8 Å². The van der Waals surface area contributed by atoms with Crippen LogP contribution in [0.2, 0.25) is 0 Å². The number of hydrogen-bond acceptors (Lipinski definition) is 6. The summed E-state index contributed by atoms with van der Waals surface area (Å²) in [7, 11) is 1.29. The van der Waals surface area contributed by atoms with Crippen LogP contribution in [0.5, 0.6) is 0 Å². The van der Waals surface area contributed by atoms with Crippen LogP contribution >= 0.6 is 0 Å². The minimum Gasteiger partial charge on any atom is -0.469 e. The largest absolute Gasteiger partial charge is 0.469 e. The van der Waals surface area contributed by atoms with Crippen LogP contribution in [0.1, 0.15) is 12.8 Å². The monoisotopic (exact) mass is 217 g/mol. The van der Waals surface area contributed by atoms with Crippen LogP contribution in [-0.2, 0) is 23.9 Å². The lowest BCUT2D eigenvalue weighted by Gasteiger charge is -2.24. The summed E-state index contributed by atoms with van der Waals surface area (Å²) in [5.41, 5.74) is 0. The Morgan fingerprint density at radius 2 is 1.80 bits per heavy atom. The third-order valence-corrected chi connectivity index (χ3v) is 1.96. The van der Waals surface area contributed by atoms with E-state index in [1.165, 1.54) is 7.11 Å². The zero-order valence-corrected chi connectivity index (χ0v) is 8.73. The molecule has 0 aromatic rings. The van der Waals surface area contributed by atoms with Gasteiger partial charge in [0.2, 0.25) is 0 Å². The van der Waals surface area contributed by atoms with Crippen molar-refractivity contribution in [3.63, 3.8) is 0 Å². The summed E-state index contributed by atoms with van der Waals surface area (Å²) >= 11 is 0. The Bertz CT molecular complexity index is 225. The minimum absolute atomic E-state index is 0.0457. The third-order valence-electron chi connectivity index (χ3n) is 1.96. The molecule has 0 aromatic carbocycles. The first kappa shape index (κ1) is 11.9. The van der Waals surface area contributed by atoms with Crippen molar-refractivity contribution in [3.05, 3.63) is 0 Å². The van der Waals surface area contributed by atoms with Crippen molar-refractivity contribution < 1.29 is 23.9 Å². The molecule has 86 valence electrons. The van der Waals surface area contributed by atoms with Gasteiger partial charge in [-0.05, 0) is 0 Å². The number of methoxy groups -OCH3 is 1. The molecule has 0 aliphatic carbocycles. The molecule has 1 aliphatic rings. The number of carbonyl (C=O) groups excluding carboxylic acids is 2. The van der Waals surface area contributed by atoms with Gasteiger partial charge in [0, 0.05) is 0 Å². The molecular weight excluding hydrogens is 202 g/mol. The van der Waals surface area contributed by atoms with Gasteiger partial charge in [0.25, 0.3) is 0 Å². The van der Waals surface area contributed by atoms with Crippen molar-refractivity contribution >= 4 is 11.9 Å². The first-order valence-electron chi connectivity index (χ1n) is 4.82. The van der Waals surface area contributed by atoms with Gasteiger partial charge in [0.1, 0.15) is 0 Å². The maximum Gasteiger partial charge on any atom is 0.325 e. The topological polar surface area (TPSA) is 65.1 Å². The molecule has 1 saturated heterocycles. The van der Waals surface area contributed by atoms with Crippen molar-refractivity contribution in [2.45, 2.75) is 12.8 Å². The number of rotatable bonds is 4. The number of hydroxylamine groups is 2. The first-order chi connectivity index (χ1) is 7.22. The third kappa shape index (κ3) is 4.75. The summed E-state index contributed by atoms with van der Waals surface area (Å²) in [4.78, 5) is 27.0. The predicted octanol–water partition coefficient (Wildman–Crippen LogP) is -0.270. The van der Waals surface area contributed by atoms with E-state index in [0.717, 1.165) is 0 Å². The molecule has 0 N–H and O–H groups in total. The molecule has 6 heteroatoms. The van der Waals surface area contributed by atoms with Crippen LogP contribution < -0.4 is 0 Å². The van der Waals surface area contributed by atoms with E-state index in [1.54, 1.807) is 5.06 Å². The highest BCUT2D eigenvalue weighted by Gasteiger charge is 2.16.